The lowest BCUT2D eigenvalue weighted by atomic mass is 10.2. The number of amides is 1. The third-order valence-corrected chi connectivity index (χ3v) is 2.83. The van der Waals surface area contributed by atoms with Gasteiger partial charge in [-0.1, -0.05) is 0 Å². The molecular weight excluding hydrogens is 296 g/mol. The van der Waals surface area contributed by atoms with Gasteiger partial charge in [0, 0.05) is 24.3 Å². The van der Waals surface area contributed by atoms with E-state index in [1.807, 2.05) is 52.8 Å². The molecule has 23 heavy (non-hydrogen) atoms. The molecule has 6 nitrogen and oxygen atoms in total. The van der Waals surface area contributed by atoms with Crippen molar-refractivity contribution in [2.45, 2.75) is 46.3 Å². The zero-order valence-electron chi connectivity index (χ0n) is 14.9. The van der Waals surface area contributed by atoms with Crippen LogP contribution < -0.4 is 20.1 Å². The molecule has 1 amide bonds. The van der Waals surface area contributed by atoms with Gasteiger partial charge in [0.05, 0.1) is 13.7 Å². The van der Waals surface area contributed by atoms with E-state index in [9.17, 15) is 4.79 Å². The van der Waals surface area contributed by atoms with Crippen molar-refractivity contribution in [3.8, 4) is 11.5 Å². The van der Waals surface area contributed by atoms with Gasteiger partial charge in [-0.3, -0.25) is 0 Å². The molecule has 1 aromatic rings. The first kappa shape index (κ1) is 18.9. The number of nitrogens with one attached hydrogen (secondary N) is 2. The number of methoxy groups -OCH3 is 1. The molecule has 6 heteroatoms. The minimum atomic E-state index is -0.497. The van der Waals surface area contributed by atoms with Crippen LogP contribution in [0.3, 0.4) is 0 Å². The normalized spacial score (nSPS) is 12.3. The monoisotopic (exact) mass is 324 g/mol. The molecule has 0 heterocycles. The van der Waals surface area contributed by atoms with E-state index in [1.165, 1.54) is 0 Å². The largest absolute Gasteiger partial charge is 0.493 e. The molecule has 2 N–H and O–H groups in total. The van der Waals surface area contributed by atoms with E-state index in [4.69, 9.17) is 14.2 Å². The molecule has 0 aliphatic rings. The number of alkyl carbamates (subject to hydrolysis) is 1. The third-order valence-electron chi connectivity index (χ3n) is 2.83. The molecule has 1 unspecified atom stereocenters. The molecule has 0 aliphatic carbocycles. The topological polar surface area (TPSA) is 68.8 Å². The van der Waals surface area contributed by atoms with Crippen LogP contribution in [0.1, 0.15) is 34.6 Å². The highest BCUT2D eigenvalue weighted by atomic mass is 16.6. The molecule has 0 radical (unpaired) electrons. The fraction of sp³-hybridized carbons (Fsp3) is 0.588. The third kappa shape index (κ3) is 7.13. The molecular formula is C17H28N2O4. The van der Waals surface area contributed by atoms with E-state index in [0.717, 1.165) is 5.69 Å². The van der Waals surface area contributed by atoms with Gasteiger partial charge in [-0.05, 0) is 46.8 Å². The van der Waals surface area contributed by atoms with Crippen molar-refractivity contribution in [3.05, 3.63) is 18.2 Å². The Kier molecular flexibility index (Phi) is 7.00. The van der Waals surface area contributed by atoms with Crippen molar-refractivity contribution in [1.29, 1.82) is 0 Å². The van der Waals surface area contributed by atoms with Gasteiger partial charge in [-0.15, -0.1) is 0 Å². The molecule has 0 aromatic heterocycles. The van der Waals surface area contributed by atoms with Gasteiger partial charge in [0.1, 0.15) is 5.60 Å². The summed E-state index contributed by atoms with van der Waals surface area (Å²) >= 11 is 0. The van der Waals surface area contributed by atoms with Crippen molar-refractivity contribution >= 4 is 11.8 Å². The minimum absolute atomic E-state index is 0.0326. The first-order chi connectivity index (χ1) is 10.7. The van der Waals surface area contributed by atoms with E-state index in [0.29, 0.717) is 24.7 Å². The second kappa shape index (κ2) is 8.50. The minimum Gasteiger partial charge on any atom is -0.493 e. The first-order valence-corrected chi connectivity index (χ1v) is 7.79. The zero-order valence-corrected chi connectivity index (χ0v) is 14.9. The van der Waals surface area contributed by atoms with Crippen molar-refractivity contribution in [2.24, 2.45) is 0 Å². The average molecular weight is 324 g/mol. The molecule has 1 rings (SSSR count). The number of anilines is 1. The molecule has 1 aromatic carbocycles. The van der Waals surface area contributed by atoms with E-state index < -0.39 is 11.7 Å². The maximum absolute atomic E-state index is 11.6. The highest BCUT2D eigenvalue weighted by molar-refractivity contribution is 5.67. The number of hydrogen-bond acceptors (Lipinski definition) is 5. The summed E-state index contributed by atoms with van der Waals surface area (Å²) in [5, 5.41) is 6.04. The Morgan fingerprint density at radius 2 is 1.96 bits per heavy atom. The molecule has 0 spiro atoms. The van der Waals surface area contributed by atoms with Crippen LogP contribution in [0.25, 0.3) is 0 Å². The number of ether oxygens (including phenoxy) is 3. The quantitative estimate of drug-likeness (QED) is 0.804. The Labute approximate surface area is 138 Å². The smallest absolute Gasteiger partial charge is 0.407 e. The Morgan fingerprint density at radius 3 is 2.52 bits per heavy atom. The second-order valence-electron chi connectivity index (χ2n) is 6.23. The molecule has 0 bridgehead atoms. The van der Waals surface area contributed by atoms with E-state index >= 15 is 0 Å². The Balaban J connectivity index is 2.54. The number of carbonyl (C=O) groups is 1. The van der Waals surface area contributed by atoms with Crippen LogP contribution in [0.2, 0.25) is 0 Å². The zero-order chi connectivity index (χ0) is 17.5. The van der Waals surface area contributed by atoms with Gasteiger partial charge in [0.25, 0.3) is 0 Å². The van der Waals surface area contributed by atoms with E-state index in [1.54, 1.807) is 7.11 Å². The van der Waals surface area contributed by atoms with Crippen LogP contribution in [0.5, 0.6) is 11.5 Å². The van der Waals surface area contributed by atoms with Crippen molar-refractivity contribution in [3.63, 3.8) is 0 Å². The van der Waals surface area contributed by atoms with E-state index in [2.05, 4.69) is 10.6 Å². The fourth-order valence-electron chi connectivity index (χ4n) is 1.92. The molecule has 0 saturated heterocycles. The second-order valence-corrected chi connectivity index (χ2v) is 6.23. The summed E-state index contributed by atoms with van der Waals surface area (Å²) in [4.78, 5) is 11.6. The van der Waals surface area contributed by atoms with Crippen LogP contribution in [-0.4, -0.2) is 38.0 Å². The summed E-state index contributed by atoms with van der Waals surface area (Å²) in [6.07, 6.45) is -0.421. The highest BCUT2D eigenvalue weighted by Gasteiger charge is 2.16. The van der Waals surface area contributed by atoms with Gasteiger partial charge >= 0.3 is 6.09 Å². The number of hydrogen-bond donors (Lipinski definition) is 2. The van der Waals surface area contributed by atoms with Gasteiger partial charge < -0.3 is 24.8 Å². The summed E-state index contributed by atoms with van der Waals surface area (Å²) in [7, 11) is 1.61. The predicted octanol–water partition coefficient (Wildman–Crippen LogP) is 3.42. The predicted molar refractivity (Wildman–Crippen MR) is 91.5 cm³/mol. The van der Waals surface area contributed by atoms with Gasteiger partial charge in [-0.25, -0.2) is 4.79 Å². The summed E-state index contributed by atoms with van der Waals surface area (Å²) in [5.74, 6) is 1.38. The van der Waals surface area contributed by atoms with Crippen LogP contribution in [0, 0.1) is 0 Å². The molecule has 0 aliphatic heterocycles. The number of benzene rings is 1. The summed E-state index contributed by atoms with van der Waals surface area (Å²) in [6, 6.07) is 5.68. The van der Waals surface area contributed by atoms with Crippen molar-refractivity contribution in [1.82, 2.24) is 5.32 Å². The first-order valence-electron chi connectivity index (χ1n) is 7.79. The summed E-state index contributed by atoms with van der Waals surface area (Å²) < 4.78 is 16.0. The van der Waals surface area contributed by atoms with Crippen LogP contribution in [0.15, 0.2) is 18.2 Å². The van der Waals surface area contributed by atoms with Crippen molar-refractivity contribution in [2.75, 3.05) is 25.6 Å². The summed E-state index contributed by atoms with van der Waals surface area (Å²) in [5.41, 5.74) is 0.396. The van der Waals surface area contributed by atoms with Gasteiger partial charge in [0.15, 0.2) is 11.5 Å². The van der Waals surface area contributed by atoms with E-state index in [-0.39, 0.29) is 6.04 Å². The lowest BCUT2D eigenvalue weighted by molar-refractivity contribution is 0.0526. The Hall–Kier alpha value is -2.11. The summed E-state index contributed by atoms with van der Waals surface area (Å²) in [6.45, 7) is 10.4. The molecule has 1 atom stereocenters. The highest BCUT2D eigenvalue weighted by Crippen LogP contribution is 2.30. The molecule has 0 saturated carbocycles. The average Bonchev–Trinajstić information content (AvgIpc) is 2.45. The van der Waals surface area contributed by atoms with Crippen LogP contribution >= 0.6 is 0 Å². The number of carbonyl (C=O) groups excluding carboxylic acids is 1. The van der Waals surface area contributed by atoms with Crippen LogP contribution in [0.4, 0.5) is 10.5 Å². The van der Waals surface area contributed by atoms with Crippen molar-refractivity contribution < 1.29 is 19.0 Å². The molecule has 130 valence electrons. The maximum Gasteiger partial charge on any atom is 0.407 e. The fourth-order valence-corrected chi connectivity index (χ4v) is 1.92. The van der Waals surface area contributed by atoms with Gasteiger partial charge in [-0.2, -0.15) is 0 Å². The lowest BCUT2D eigenvalue weighted by Crippen LogP contribution is -2.38. The number of rotatable bonds is 7. The SMILES string of the molecule is CCOc1ccc(NC(C)CNC(=O)OC(C)(C)C)cc1OC. The maximum atomic E-state index is 11.6. The molecule has 0 fully saturated rings. The van der Waals surface area contributed by atoms with Gasteiger partial charge in [0.2, 0.25) is 0 Å². The van der Waals surface area contributed by atoms with Crippen LogP contribution in [-0.2, 0) is 4.74 Å². The lowest BCUT2D eigenvalue weighted by Gasteiger charge is -2.21. The standard InChI is InChI=1S/C17H28N2O4/c1-7-22-14-9-8-13(10-15(14)21-6)19-12(2)11-18-16(20)23-17(3,4)5/h8-10,12,19H,7,11H2,1-6H3,(H,18,20). The Bertz CT molecular complexity index is 512. The Morgan fingerprint density at radius 1 is 1.26 bits per heavy atom.